The molecule has 0 heterocycles. The summed E-state index contributed by atoms with van der Waals surface area (Å²) in [5, 5.41) is 0. The van der Waals surface area contributed by atoms with E-state index in [1.165, 1.54) is 64.2 Å². The van der Waals surface area contributed by atoms with Crippen LogP contribution in [-0.4, -0.2) is 5.78 Å². The Morgan fingerprint density at radius 3 is 2.47 bits per heavy atom. The number of unbranched alkanes of at least 4 members (excludes halogenated alkanes) is 4. The highest BCUT2D eigenvalue weighted by Crippen LogP contribution is 2.32. The molecule has 1 fully saturated rings. The van der Waals surface area contributed by atoms with Gasteiger partial charge in [0.1, 0.15) is 5.78 Å². The fourth-order valence-corrected chi connectivity index (χ4v) is 3.15. The van der Waals surface area contributed by atoms with Gasteiger partial charge >= 0.3 is 0 Å². The van der Waals surface area contributed by atoms with Crippen molar-refractivity contribution in [2.75, 3.05) is 0 Å². The van der Waals surface area contributed by atoms with E-state index in [1.807, 2.05) is 0 Å². The minimum absolute atomic E-state index is 0.418. The fourth-order valence-electron chi connectivity index (χ4n) is 3.15. The van der Waals surface area contributed by atoms with Crippen molar-refractivity contribution in [3.63, 3.8) is 0 Å². The quantitative estimate of drug-likeness (QED) is 0.536. The van der Waals surface area contributed by atoms with Gasteiger partial charge in [0.2, 0.25) is 0 Å². The molecule has 0 aliphatic heterocycles. The number of rotatable bonds is 8. The van der Waals surface area contributed by atoms with E-state index >= 15 is 0 Å². The van der Waals surface area contributed by atoms with Crippen molar-refractivity contribution in [1.29, 1.82) is 0 Å². The Bertz CT molecular complexity index is 210. The lowest BCUT2D eigenvalue weighted by atomic mass is 9.76. The number of hydrogen-bond acceptors (Lipinski definition) is 1. The van der Waals surface area contributed by atoms with Crippen molar-refractivity contribution in [2.45, 2.75) is 84.5 Å². The van der Waals surface area contributed by atoms with E-state index in [9.17, 15) is 4.79 Å². The summed E-state index contributed by atoms with van der Waals surface area (Å²) < 4.78 is 0. The van der Waals surface area contributed by atoms with Gasteiger partial charge in [0, 0.05) is 12.3 Å². The van der Waals surface area contributed by atoms with Crippen LogP contribution < -0.4 is 0 Å². The van der Waals surface area contributed by atoms with Crippen LogP contribution in [0.4, 0.5) is 0 Å². The lowest BCUT2D eigenvalue weighted by molar-refractivity contribution is -0.125. The molecule has 1 saturated carbocycles. The standard InChI is InChI=1S/C16H30O/c1-3-5-6-7-8-10-15-13-14(9-4-2)11-12-16(15)17/h14-15H,3-13H2,1-2H3. The van der Waals surface area contributed by atoms with Crippen LogP contribution in [0.25, 0.3) is 0 Å². The highest BCUT2D eigenvalue weighted by Gasteiger charge is 2.27. The molecule has 0 amide bonds. The molecule has 0 radical (unpaired) electrons. The van der Waals surface area contributed by atoms with E-state index in [1.54, 1.807) is 0 Å². The van der Waals surface area contributed by atoms with E-state index < -0.39 is 0 Å². The van der Waals surface area contributed by atoms with Crippen molar-refractivity contribution >= 4 is 5.78 Å². The average molecular weight is 238 g/mol. The highest BCUT2D eigenvalue weighted by molar-refractivity contribution is 5.81. The Balaban J connectivity index is 2.18. The molecule has 17 heavy (non-hydrogen) atoms. The van der Waals surface area contributed by atoms with Crippen LogP contribution in [0.15, 0.2) is 0 Å². The second-order valence-corrected chi connectivity index (χ2v) is 5.80. The van der Waals surface area contributed by atoms with Gasteiger partial charge in [0.15, 0.2) is 0 Å². The van der Waals surface area contributed by atoms with Crippen LogP contribution in [0.2, 0.25) is 0 Å². The molecule has 2 unspecified atom stereocenters. The van der Waals surface area contributed by atoms with Crippen molar-refractivity contribution in [2.24, 2.45) is 11.8 Å². The molecule has 1 nitrogen and oxygen atoms in total. The van der Waals surface area contributed by atoms with Crippen LogP contribution in [0.1, 0.15) is 84.5 Å². The third kappa shape index (κ3) is 5.70. The van der Waals surface area contributed by atoms with Crippen LogP contribution in [0.3, 0.4) is 0 Å². The Morgan fingerprint density at radius 2 is 1.76 bits per heavy atom. The second-order valence-electron chi connectivity index (χ2n) is 5.80. The van der Waals surface area contributed by atoms with Gasteiger partial charge in [-0.3, -0.25) is 4.79 Å². The molecule has 0 aromatic heterocycles. The molecule has 100 valence electrons. The maximum Gasteiger partial charge on any atom is 0.135 e. The maximum atomic E-state index is 11.9. The Kier molecular flexibility index (Phi) is 7.55. The SMILES string of the molecule is CCCCCCCC1CC(CCC)CCC1=O. The molecule has 1 aliphatic carbocycles. The molecule has 1 aliphatic rings. The molecule has 1 heteroatoms. The highest BCUT2D eigenvalue weighted by atomic mass is 16.1. The molecule has 0 bridgehead atoms. The van der Waals surface area contributed by atoms with Crippen LogP contribution in [-0.2, 0) is 4.79 Å². The van der Waals surface area contributed by atoms with Gasteiger partial charge in [-0.2, -0.15) is 0 Å². The summed E-state index contributed by atoms with van der Waals surface area (Å²) in [6.07, 6.45) is 13.6. The molecule has 0 spiro atoms. The lowest BCUT2D eigenvalue weighted by Crippen LogP contribution is -2.24. The number of carbonyl (C=O) groups is 1. The normalized spacial score (nSPS) is 25.2. The first-order chi connectivity index (χ1) is 8.27. The molecule has 0 saturated heterocycles. The second kappa shape index (κ2) is 8.72. The third-order valence-electron chi connectivity index (χ3n) is 4.23. The molecular weight excluding hydrogens is 208 g/mol. The van der Waals surface area contributed by atoms with Crippen LogP contribution >= 0.6 is 0 Å². The Labute approximate surface area is 107 Å². The van der Waals surface area contributed by atoms with Gasteiger partial charge in [-0.15, -0.1) is 0 Å². The van der Waals surface area contributed by atoms with Gasteiger partial charge in [0.25, 0.3) is 0 Å². The monoisotopic (exact) mass is 238 g/mol. The van der Waals surface area contributed by atoms with Crippen molar-refractivity contribution < 1.29 is 4.79 Å². The maximum absolute atomic E-state index is 11.9. The fraction of sp³-hybridized carbons (Fsp3) is 0.938. The van der Waals surface area contributed by atoms with E-state index in [0.717, 1.165) is 12.3 Å². The van der Waals surface area contributed by atoms with Crippen LogP contribution in [0, 0.1) is 11.8 Å². The molecule has 0 N–H and O–H groups in total. The summed E-state index contributed by atoms with van der Waals surface area (Å²) in [5.41, 5.74) is 0. The first-order valence-electron chi connectivity index (χ1n) is 7.80. The van der Waals surface area contributed by atoms with Crippen LogP contribution in [0.5, 0.6) is 0 Å². The van der Waals surface area contributed by atoms with E-state index in [2.05, 4.69) is 13.8 Å². The van der Waals surface area contributed by atoms with Gasteiger partial charge in [-0.1, -0.05) is 58.8 Å². The largest absolute Gasteiger partial charge is 0.299 e. The minimum Gasteiger partial charge on any atom is -0.299 e. The molecular formula is C16H30O. The smallest absolute Gasteiger partial charge is 0.135 e. The molecule has 0 aromatic carbocycles. The number of hydrogen-bond donors (Lipinski definition) is 0. The summed E-state index contributed by atoms with van der Waals surface area (Å²) in [5.74, 6) is 1.83. The minimum atomic E-state index is 0.418. The summed E-state index contributed by atoms with van der Waals surface area (Å²) >= 11 is 0. The average Bonchev–Trinajstić information content (AvgIpc) is 2.33. The zero-order valence-corrected chi connectivity index (χ0v) is 11.8. The topological polar surface area (TPSA) is 17.1 Å². The predicted octanol–water partition coefficient (Wildman–Crippen LogP) is 5.13. The number of carbonyl (C=O) groups excluding carboxylic acids is 1. The van der Waals surface area contributed by atoms with Crippen molar-refractivity contribution in [3.05, 3.63) is 0 Å². The summed E-state index contributed by atoms with van der Waals surface area (Å²) in [4.78, 5) is 11.9. The van der Waals surface area contributed by atoms with Gasteiger partial charge in [0.05, 0.1) is 0 Å². The Morgan fingerprint density at radius 1 is 1.00 bits per heavy atom. The summed E-state index contributed by atoms with van der Waals surface area (Å²) in [6.45, 7) is 4.51. The molecule has 0 aromatic rings. The third-order valence-corrected chi connectivity index (χ3v) is 4.23. The molecule has 1 rings (SSSR count). The molecule has 2 atom stereocenters. The van der Waals surface area contributed by atoms with Gasteiger partial charge in [-0.05, 0) is 25.2 Å². The zero-order chi connectivity index (χ0) is 12.5. The first-order valence-corrected chi connectivity index (χ1v) is 7.80. The van der Waals surface area contributed by atoms with E-state index in [4.69, 9.17) is 0 Å². The summed E-state index contributed by atoms with van der Waals surface area (Å²) in [6, 6.07) is 0. The zero-order valence-electron chi connectivity index (χ0n) is 11.8. The lowest BCUT2D eigenvalue weighted by Gasteiger charge is -2.27. The van der Waals surface area contributed by atoms with Crippen molar-refractivity contribution in [3.8, 4) is 0 Å². The summed E-state index contributed by atoms with van der Waals surface area (Å²) in [7, 11) is 0. The van der Waals surface area contributed by atoms with Crippen molar-refractivity contribution in [1.82, 2.24) is 0 Å². The number of Topliss-reactive ketones (excluding diaryl/α,β-unsaturated/α-hetero) is 1. The van der Waals surface area contributed by atoms with Gasteiger partial charge in [-0.25, -0.2) is 0 Å². The van der Waals surface area contributed by atoms with E-state index in [0.29, 0.717) is 11.7 Å². The number of ketones is 1. The van der Waals surface area contributed by atoms with E-state index in [-0.39, 0.29) is 0 Å². The van der Waals surface area contributed by atoms with Gasteiger partial charge < -0.3 is 0 Å². The Hall–Kier alpha value is -0.330. The predicted molar refractivity (Wildman–Crippen MR) is 74.1 cm³/mol. The first kappa shape index (κ1) is 14.7.